The van der Waals surface area contributed by atoms with Gasteiger partial charge in [-0.1, -0.05) is 12.1 Å². The summed E-state index contributed by atoms with van der Waals surface area (Å²) in [6.07, 6.45) is 0.981. The highest BCUT2D eigenvalue weighted by Gasteiger charge is 2.19. The van der Waals surface area contributed by atoms with Crippen LogP contribution in [0.15, 0.2) is 41.4 Å². The molecule has 1 aliphatic heterocycles. The van der Waals surface area contributed by atoms with E-state index in [2.05, 4.69) is 27.3 Å². The van der Waals surface area contributed by atoms with Gasteiger partial charge in [0.1, 0.15) is 5.75 Å². The average molecular weight is 384 g/mol. The molecule has 0 saturated carbocycles. The van der Waals surface area contributed by atoms with Gasteiger partial charge in [-0.15, -0.1) is 0 Å². The number of fused-ring (bicyclic) bond motifs is 1. The van der Waals surface area contributed by atoms with Crippen LogP contribution in [0.1, 0.15) is 11.1 Å². The SMILES string of the molecule is COc1ccccc1NC(N)=NCCN1CCc2cc(OC)c(OC)cc2C1. The molecule has 1 heterocycles. The Hall–Kier alpha value is -2.93. The molecule has 3 N–H and O–H groups in total. The monoisotopic (exact) mass is 384 g/mol. The summed E-state index contributed by atoms with van der Waals surface area (Å²) in [5, 5.41) is 3.10. The number of nitrogens with zero attached hydrogens (tertiary/aromatic N) is 2. The standard InChI is InChI=1S/C21H28N4O3/c1-26-18-7-5-4-6-17(18)24-21(22)23-9-11-25-10-8-15-12-19(27-2)20(28-3)13-16(15)14-25/h4-7,12-13H,8-11,14H2,1-3H3,(H3,22,23,24). The van der Waals surface area contributed by atoms with Crippen LogP contribution in [0.5, 0.6) is 17.2 Å². The number of benzene rings is 2. The average Bonchev–Trinajstić information content (AvgIpc) is 2.73. The van der Waals surface area contributed by atoms with Crippen LogP contribution in [0, 0.1) is 0 Å². The predicted octanol–water partition coefficient (Wildman–Crippen LogP) is 2.50. The zero-order valence-electron chi connectivity index (χ0n) is 16.7. The molecule has 7 nitrogen and oxygen atoms in total. The van der Waals surface area contributed by atoms with Crippen LogP contribution in [0.4, 0.5) is 5.69 Å². The molecule has 2 aromatic carbocycles. The number of ether oxygens (including phenoxy) is 3. The maximum atomic E-state index is 6.03. The Bertz CT molecular complexity index is 838. The normalized spacial score (nSPS) is 14.3. The summed E-state index contributed by atoms with van der Waals surface area (Å²) in [6.45, 7) is 3.31. The first-order valence-corrected chi connectivity index (χ1v) is 9.30. The van der Waals surface area contributed by atoms with Gasteiger partial charge < -0.3 is 25.3 Å². The lowest BCUT2D eigenvalue weighted by molar-refractivity contribution is 0.260. The minimum atomic E-state index is 0.383. The number of anilines is 1. The molecule has 150 valence electrons. The van der Waals surface area contributed by atoms with Crippen molar-refractivity contribution in [2.45, 2.75) is 13.0 Å². The zero-order chi connectivity index (χ0) is 19.9. The van der Waals surface area contributed by atoms with E-state index in [1.54, 1.807) is 21.3 Å². The van der Waals surface area contributed by atoms with E-state index in [9.17, 15) is 0 Å². The molecule has 28 heavy (non-hydrogen) atoms. The number of hydrogen-bond donors (Lipinski definition) is 2. The van der Waals surface area contributed by atoms with Crippen molar-refractivity contribution in [3.8, 4) is 17.2 Å². The topological polar surface area (TPSA) is 81.3 Å². The second-order valence-corrected chi connectivity index (χ2v) is 6.59. The summed E-state index contributed by atoms with van der Waals surface area (Å²) in [5.74, 6) is 2.67. The molecule has 0 aromatic heterocycles. The van der Waals surface area contributed by atoms with Crippen molar-refractivity contribution >= 4 is 11.6 Å². The van der Waals surface area contributed by atoms with E-state index in [0.29, 0.717) is 12.5 Å². The van der Waals surface area contributed by atoms with Crippen molar-refractivity contribution in [1.82, 2.24) is 4.90 Å². The van der Waals surface area contributed by atoms with Gasteiger partial charge in [-0.2, -0.15) is 0 Å². The van der Waals surface area contributed by atoms with Gasteiger partial charge in [-0.3, -0.25) is 9.89 Å². The Morgan fingerprint density at radius 2 is 1.71 bits per heavy atom. The zero-order valence-corrected chi connectivity index (χ0v) is 16.7. The number of nitrogens with one attached hydrogen (secondary N) is 1. The van der Waals surface area contributed by atoms with Crippen LogP contribution in [0.2, 0.25) is 0 Å². The highest BCUT2D eigenvalue weighted by Crippen LogP contribution is 2.33. The van der Waals surface area contributed by atoms with Gasteiger partial charge in [-0.05, 0) is 41.8 Å². The Kier molecular flexibility index (Phi) is 6.60. The predicted molar refractivity (Wildman–Crippen MR) is 112 cm³/mol. The molecule has 0 unspecified atom stereocenters. The third-order valence-corrected chi connectivity index (χ3v) is 4.87. The molecule has 0 spiro atoms. The number of hydrogen-bond acceptors (Lipinski definition) is 5. The fraction of sp³-hybridized carbons (Fsp3) is 0.381. The molecular formula is C21H28N4O3. The highest BCUT2D eigenvalue weighted by atomic mass is 16.5. The Morgan fingerprint density at radius 3 is 2.43 bits per heavy atom. The van der Waals surface area contributed by atoms with E-state index in [-0.39, 0.29) is 0 Å². The van der Waals surface area contributed by atoms with Crippen molar-refractivity contribution in [3.05, 3.63) is 47.5 Å². The van der Waals surface area contributed by atoms with Gasteiger partial charge >= 0.3 is 0 Å². The van der Waals surface area contributed by atoms with E-state index in [0.717, 1.165) is 49.0 Å². The van der Waals surface area contributed by atoms with Gasteiger partial charge in [0.25, 0.3) is 0 Å². The maximum Gasteiger partial charge on any atom is 0.193 e. The summed E-state index contributed by atoms with van der Waals surface area (Å²) >= 11 is 0. The molecule has 2 aromatic rings. The Morgan fingerprint density at radius 1 is 1.04 bits per heavy atom. The van der Waals surface area contributed by atoms with E-state index in [1.807, 2.05) is 24.3 Å². The number of rotatable bonds is 7. The van der Waals surface area contributed by atoms with Gasteiger partial charge in [0.2, 0.25) is 0 Å². The number of nitrogens with two attached hydrogens (primary N) is 1. The molecule has 0 fully saturated rings. The largest absolute Gasteiger partial charge is 0.495 e. The van der Waals surface area contributed by atoms with Crippen LogP contribution in [0.3, 0.4) is 0 Å². The van der Waals surface area contributed by atoms with Crippen LogP contribution in [-0.4, -0.2) is 51.8 Å². The number of methoxy groups -OCH3 is 3. The van der Waals surface area contributed by atoms with E-state index in [1.165, 1.54) is 11.1 Å². The molecular weight excluding hydrogens is 356 g/mol. The lowest BCUT2D eigenvalue weighted by atomic mass is 9.99. The first kappa shape index (κ1) is 19.8. The summed E-state index contributed by atoms with van der Waals surface area (Å²) in [4.78, 5) is 6.82. The van der Waals surface area contributed by atoms with Gasteiger partial charge in [-0.25, -0.2) is 0 Å². The lowest BCUT2D eigenvalue weighted by Gasteiger charge is -2.29. The van der Waals surface area contributed by atoms with Crippen molar-refractivity contribution in [3.63, 3.8) is 0 Å². The molecule has 1 aliphatic rings. The van der Waals surface area contributed by atoms with Crippen molar-refractivity contribution < 1.29 is 14.2 Å². The lowest BCUT2D eigenvalue weighted by Crippen LogP contribution is -2.33. The first-order chi connectivity index (χ1) is 13.6. The summed E-state index contributed by atoms with van der Waals surface area (Å²) in [5.41, 5.74) is 9.42. The molecule has 0 saturated heterocycles. The van der Waals surface area contributed by atoms with Gasteiger partial charge in [0.15, 0.2) is 17.5 Å². The number of aliphatic imine (C=N–C) groups is 1. The second kappa shape index (κ2) is 9.32. The first-order valence-electron chi connectivity index (χ1n) is 9.30. The maximum absolute atomic E-state index is 6.03. The minimum Gasteiger partial charge on any atom is -0.495 e. The second-order valence-electron chi connectivity index (χ2n) is 6.59. The van der Waals surface area contributed by atoms with Crippen molar-refractivity contribution in [1.29, 1.82) is 0 Å². The third-order valence-electron chi connectivity index (χ3n) is 4.87. The quantitative estimate of drug-likeness (QED) is 0.564. The number of guanidine groups is 1. The third kappa shape index (κ3) is 4.67. The number of para-hydroxylation sites is 2. The van der Waals surface area contributed by atoms with Crippen LogP contribution in [-0.2, 0) is 13.0 Å². The van der Waals surface area contributed by atoms with Crippen LogP contribution < -0.4 is 25.3 Å². The molecule has 0 aliphatic carbocycles. The Balaban J connectivity index is 1.56. The molecule has 7 heteroatoms. The van der Waals surface area contributed by atoms with Crippen molar-refractivity contribution in [2.24, 2.45) is 10.7 Å². The molecule has 3 rings (SSSR count). The fourth-order valence-electron chi connectivity index (χ4n) is 3.37. The van der Waals surface area contributed by atoms with Crippen molar-refractivity contribution in [2.75, 3.05) is 46.3 Å². The van der Waals surface area contributed by atoms with Gasteiger partial charge in [0, 0.05) is 19.6 Å². The fourth-order valence-corrected chi connectivity index (χ4v) is 3.37. The summed E-state index contributed by atoms with van der Waals surface area (Å²) in [7, 11) is 4.96. The highest BCUT2D eigenvalue weighted by molar-refractivity contribution is 5.93. The van der Waals surface area contributed by atoms with Crippen LogP contribution >= 0.6 is 0 Å². The summed E-state index contributed by atoms with van der Waals surface area (Å²) < 4.78 is 16.1. The van der Waals surface area contributed by atoms with Crippen LogP contribution in [0.25, 0.3) is 0 Å². The van der Waals surface area contributed by atoms with E-state index < -0.39 is 0 Å². The smallest absolute Gasteiger partial charge is 0.193 e. The molecule has 0 amide bonds. The minimum absolute atomic E-state index is 0.383. The van der Waals surface area contributed by atoms with Gasteiger partial charge in [0.05, 0.1) is 33.6 Å². The van der Waals surface area contributed by atoms with E-state index >= 15 is 0 Å². The Labute approximate surface area is 166 Å². The summed E-state index contributed by atoms with van der Waals surface area (Å²) in [6, 6.07) is 11.8. The molecule has 0 bridgehead atoms. The van der Waals surface area contributed by atoms with E-state index in [4.69, 9.17) is 19.9 Å². The molecule has 0 radical (unpaired) electrons. The molecule has 0 atom stereocenters.